The molecule has 1 aromatic carbocycles. The number of ether oxygens (including phenoxy) is 2. The first kappa shape index (κ1) is 17.3. The number of esters is 1. The predicted octanol–water partition coefficient (Wildman–Crippen LogP) is 1.31. The fourth-order valence-electron chi connectivity index (χ4n) is 2.08. The van der Waals surface area contributed by atoms with Gasteiger partial charge in [-0.25, -0.2) is 9.78 Å². The van der Waals surface area contributed by atoms with Gasteiger partial charge in [0.15, 0.2) is 0 Å². The number of pyridine rings is 1. The number of hydrogen-bond donors (Lipinski definition) is 2. The molecule has 7 heteroatoms. The number of carbonyl (C=O) groups excluding carboxylic acids is 2. The van der Waals surface area contributed by atoms with Crippen molar-refractivity contribution in [1.29, 1.82) is 0 Å². The maximum absolute atomic E-state index is 12.2. The first-order valence-corrected chi connectivity index (χ1v) is 7.20. The average Bonchev–Trinajstić information content (AvgIpc) is 2.61. The zero-order valence-electron chi connectivity index (χ0n) is 13.4. The van der Waals surface area contributed by atoms with Crippen LogP contribution in [0.25, 0.3) is 0 Å². The summed E-state index contributed by atoms with van der Waals surface area (Å²) in [5.74, 6) is -0.480. The number of aromatic nitrogens is 1. The van der Waals surface area contributed by atoms with Crippen LogP contribution in [0.3, 0.4) is 0 Å². The molecule has 1 heterocycles. The Hall–Kier alpha value is -3.09. The topological polar surface area (TPSA) is 97.8 Å². The van der Waals surface area contributed by atoms with Crippen molar-refractivity contribution in [2.45, 2.75) is 12.5 Å². The summed E-state index contributed by atoms with van der Waals surface area (Å²) in [6.07, 6.45) is 1.80. The standard InChI is InChI=1S/C17H18N2O5/c1-23-15-8-3-11(10-18-15)9-14(17(22)24-2)19-16(21)12-4-6-13(20)7-5-12/h3-8,10,14,20H,9H2,1-2H3,(H,19,21)/t14-/m0/s1. The summed E-state index contributed by atoms with van der Waals surface area (Å²) in [6, 6.07) is 8.30. The van der Waals surface area contributed by atoms with Crippen LogP contribution >= 0.6 is 0 Å². The molecule has 0 aliphatic heterocycles. The molecule has 2 N–H and O–H groups in total. The lowest BCUT2D eigenvalue weighted by molar-refractivity contribution is -0.142. The summed E-state index contributed by atoms with van der Waals surface area (Å²) in [7, 11) is 2.77. The Labute approximate surface area is 139 Å². The molecule has 0 fully saturated rings. The number of amides is 1. The van der Waals surface area contributed by atoms with Crippen LogP contribution in [0.15, 0.2) is 42.6 Å². The van der Waals surface area contributed by atoms with Crippen molar-refractivity contribution >= 4 is 11.9 Å². The molecular weight excluding hydrogens is 312 g/mol. The van der Waals surface area contributed by atoms with E-state index in [1.54, 1.807) is 18.3 Å². The molecule has 1 amide bonds. The fourth-order valence-corrected chi connectivity index (χ4v) is 2.08. The molecular formula is C17H18N2O5. The number of benzene rings is 1. The summed E-state index contributed by atoms with van der Waals surface area (Å²) in [4.78, 5) is 28.2. The molecule has 7 nitrogen and oxygen atoms in total. The van der Waals surface area contributed by atoms with Crippen LogP contribution in [0.5, 0.6) is 11.6 Å². The van der Waals surface area contributed by atoms with Gasteiger partial charge in [0.25, 0.3) is 5.91 Å². The lowest BCUT2D eigenvalue weighted by Crippen LogP contribution is -2.43. The number of phenolic OH excluding ortho intramolecular Hbond substituents is 1. The molecule has 0 saturated carbocycles. The highest BCUT2D eigenvalue weighted by Crippen LogP contribution is 2.12. The summed E-state index contributed by atoms with van der Waals surface area (Å²) in [6.45, 7) is 0. The van der Waals surface area contributed by atoms with Crippen LogP contribution in [0.1, 0.15) is 15.9 Å². The van der Waals surface area contributed by atoms with E-state index in [1.807, 2.05) is 0 Å². The second-order valence-corrected chi connectivity index (χ2v) is 5.01. The Balaban J connectivity index is 2.11. The quantitative estimate of drug-likeness (QED) is 0.775. The smallest absolute Gasteiger partial charge is 0.328 e. The molecule has 1 aromatic heterocycles. The number of phenols is 1. The normalized spacial score (nSPS) is 11.4. The molecule has 2 aromatic rings. The van der Waals surface area contributed by atoms with E-state index >= 15 is 0 Å². The van der Waals surface area contributed by atoms with E-state index in [2.05, 4.69) is 10.3 Å². The van der Waals surface area contributed by atoms with Gasteiger partial charge in [-0.1, -0.05) is 6.07 Å². The molecule has 0 unspecified atom stereocenters. The van der Waals surface area contributed by atoms with Gasteiger partial charge in [-0.3, -0.25) is 4.79 Å². The van der Waals surface area contributed by atoms with Crippen molar-refractivity contribution in [3.8, 4) is 11.6 Å². The Kier molecular flexibility index (Phi) is 5.73. The number of methoxy groups -OCH3 is 2. The van der Waals surface area contributed by atoms with E-state index < -0.39 is 17.9 Å². The van der Waals surface area contributed by atoms with Gasteiger partial charge in [0.1, 0.15) is 11.8 Å². The van der Waals surface area contributed by atoms with Gasteiger partial charge < -0.3 is 19.9 Å². The third kappa shape index (κ3) is 4.45. The Morgan fingerprint density at radius 3 is 2.42 bits per heavy atom. The largest absolute Gasteiger partial charge is 0.508 e. The lowest BCUT2D eigenvalue weighted by atomic mass is 10.1. The Morgan fingerprint density at radius 1 is 1.17 bits per heavy atom. The average molecular weight is 330 g/mol. The maximum Gasteiger partial charge on any atom is 0.328 e. The third-order valence-electron chi connectivity index (χ3n) is 3.37. The monoisotopic (exact) mass is 330 g/mol. The zero-order chi connectivity index (χ0) is 17.5. The van der Waals surface area contributed by atoms with Gasteiger partial charge in [0, 0.05) is 24.2 Å². The van der Waals surface area contributed by atoms with Crippen LogP contribution in [-0.4, -0.2) is 42.2 Å². The minimum Gasteiger partial charge on any atom is -0.508 e. The number of rotatable bonds is 6. The van der Waals surface area contributed by atoms with Crippen molar-refractivity contribution in [2.75, 3.05) is 14.2 Å². The molecule has 0 aliphatic carbocycles. The number of nitrogens with zero attached hydrogens (tertiary/aromatic N) is 1. The zero-order valence-corrected chi connectivity index (χ0v) is 13.4. The van der Waals surface area contributed by atoms with Crippen LogP contribution < -0.4 is 10.1 Å². The van der Waals surface area contributed by atoms with Crippen molar-refractivity contribution in [2.24, 2.45) is 0 Å². The van der Waals surface area contributed by atoms with Crippen LogP contribution in [0.4, 0.5) is 0 Å². The van der Waals surface area contributed by atoms with Gasteiger partial charge in [0.2, 0.25) is 5.88 Å². The van der Waals surface area contributed by atoms with Crippen LogP contribution in [-0.2, 0) is 16.0 Å². The summed E-state index contributed by atoms with van der Waals surface area (Å²) < 4.78 is 9.73. The minimum atomic E-state index is -0.855. The van der Waals surface area contributed by atoms with Crippen LogP contribution in [0.2, 0.25) is 0 Å². The van der Waals surface area contributed by atoms with E-state index in [4.69, 9.17) is 9.47 Å². The molecule has 0 saturated heterocycles. The number of nitrogens with one attached hydrogen (secondary N) is 1. The van der Waals surface area contributed by atoms with Crippen LogP contribution in [0, 0.1) is 0 Å². The Morgan fingerprint density at radius 2 is 1.88 bits per heavy atom. The molecule has 0 aliphatic rings. The number of aromatic hydroxyl groups is 1. The van der Waals surface area contributed by atoms with E-state index in [9.17, 15) is 14.7 Å². The van der Waals surface area contributed by atoms with Gasteiger partial charge in [0.05, 0.1) is 14.2 Å². The van der Waals surface area contributed by atoms with E-state index in [1.165, 1.54) is 38.5 Å². The molecule has 0 bridgehead atoms. The van der Waals surface area contributed by atoms with E-state index in [0.29, 0.717) is 11.4 Å². The first-order valence-electron chi connectivity index (χ1n) is 7.20. The minimum absolute atomic E-state index is 0.0559. The van der Waals surface area contributed by atoms with E-state index in [0.717, 1.165) is 5.56 Å². The Bertz CT molecular complexity index is 698. The van der Waals surface area contributed by atoms with Gasteiger partial charge >= 0.3 is 5.97 Å². The van der Waals surface area contributed by atoms with Crippen molar-refractivity contribution in [1.82, 2.24) is 10.3 Å². The molecule has 1 atom stereocenters. The second-order valence-electron chi connectivity index (χ2n) is 5.01. The van der Waals surface area contributed by atoms with E-state index in [-0.39, 0.29) is 12.2 Å². The number of carbonyl (C=O) groups is 2. The molecule has 24 heavy (non-hydrogen) atoms. The van der Waals surface area contributed by atoms with Crippen molar-refractivity contribution in [3.63, 3.8) is 0 Å². The van der Waals surface area contributed by atoms with Gasteiger partial charge in [-0.2, -0.15) is 0 Å². The highest BCUT2D eigenvalue weighted by molar-refractivity contribution is 5.96. The molecule has 0 radical (unpaired) electrons. The van der Waals surface area contributed by atoms with Crippen molar-refractivity contribution in [3.05, 3.63) is 53.7 Å². The maximum atomic E-state index is 12.2. The van der Waals surface area contributed by atoms with Crippen molar-refractivity contribution < 1.29 is 24.2 Å². The number of hydrogen-bond acceptors (Lipinski definition) is 6. The highest BCUT2D eigenvalue weighted by atomic mass is 16.5. The summed E-state index contributed by atoms with van der Waals surface area (Å²) >= 11 is 0. The molecule has 126 valence electrons. The molecule has 2 rings (SSSR count). The fraction of sp³-hybridized carbons (Fsp3) is 0.235. The lowest BCUT2D eigenvalue weighted by Gasteiger charge is -2.16. The molecule has 0 spiro atoms. The second kappa shape index (κ2) is 7.96. The first-order chi connectivity index (χ1) is 11.5. The van der Waals surface area contributed by atoms with Gasteiger partial charge in [-0.05, 0) is 29.8 Å². The predicted molar refractivity (Wildman–Crippen MR) is 85.9 cm³/mol. The highest BCUT2D eigenvalue weighted by Gasteiger charge is 2.22. The third-order valence-corrected chi connectivity index (χ3v) is 3.37. The summed E-state index contributed by atoms with van der Waals surface area (Å²) in [5, 5.41) is 11.9. The van der Waals surface area contributed by atoms with Gasteiger partial charge in [-0.15, -0.1) is 0 Å². The summed E-state index contributed by atoms with van der Waals surface area (Å²) in [5.41, 5.74) is 1.08. The SMILES string of the molecule is COC(=O)[C@H](Cc1ccc(OC)nc1)NC(=O)c1ccc(O)cc1.